The maximum absolute atomic E-state index is 13.2. The van der Waals surface area contributed by atoms with Crippen LogP contribution in [-0.4, -0.2) is 28.9 Å². The molecule has 0 saturated carbocycles. The normalized spacial score (nSPS) is 10.8. The average molecular weight is 402 g/mol. The van der Waals surface area contributed by atoms with E-state index < -0.39 is 5.91 Å². The second-order valence-electron chi connectivity index (χ2n) is 7.06. The summed E-state index contributed by atoms with van der Waals surface area (Å²) >= 11 is 0. The van der Waals surface area contributed by atoms with Crippen molar-refractivity contribution in [3.63, 3.8) is 0 Å². The van der Waals surface area contributed by atoms with Crippen LogP contribution < -0.4 is 20.8 Å². The molecule has 158 valence electrons. The molecule has 7 nitrogen and oxygen atoms in total. The smallest absolute Gasteiger partial charge is 0.278 e. The van der Waals surface area contributed by atoms with Crippen LogP contribution in [-0.2, 0) is 24.7 Å². The van der Waals surface area contributed by atoms with Crippen molar-refractivity contribution >= 4 is 5.91 Å². The van der Waals surface area contributed by atoms with E-state index in [-0.39, 0.29) is 23.8 Å². The zero-order valence-corrected chi connectivity index (χ0v) is 18.0. The number of ether oxygens (including phenoxy) is 2. The monoisotopic (exact) mass is 401 g/mol. The van der Waals surface area contributed by atoms with Crippen LogP contribution in [0.25, 0.3) is 11.1 Å². The Balaban J connectivity index is 2.81. The molecule has 0 unspecified atom stereocenters. The Morgan fingerprint density at radius 1 is 1.10 bits per heavy atom. The van der Waals surface area contributed by atoms with E-state index >= 15 is 0 Å². The summed E-state index contributed by atoms with van der Waals surface area (Å²) in [6.07, 6.45) is 3.29. The Bertz CT molecular complexity index is 909. The van der Waals surface area contributed by atoms with Crippen molar-refractivity contribution in [2.75, 3.05) is 13.2 Å². The highest BCUT2D eigenvalue weighted by Crippen LogP contribution is 2.38. The quantitative estimate of drug-likeness (QED) is 0.618. The number of nitrogens with zero attached hydrogens (tertiary/aromatic N) is 2. The average Bonchev–Trinajstić information content (AvgIpc) is 2.69. The van der Waals surface area contributed by atoms with Crippen LogP contribution in [0.2, 0.25) is 0 Å². The minimum atomic E-state index is -0.624. The van der Waals surface area contributed by atoms with Gasteiger partial charge in [0.1, 0.15) is 0 Å². The van der Waals surface area contributed by atoms with Gasteiger partial charge in [-0.15, -0.1) is 5.10 Å². The van der Waals surface area contributed by atoms with Gasteiger partial charge in [-0.1, -0.05) is 44.9 Å². The molecule has 2 aromatic rings. The van der Waals surface area contributed by atoms with E-state index in [1.54, 1.807) is 7.05 Å². The summed E-state index contributed by atoms with van der Waals surface area (Å²) in [5.74, 6) is -0.252. The predicted octanol–water partition coefficient (Wildman–Crippen LogP) is 2.92. The molecule has 0 atom stereocenters. The zero-order valence-electron chi connectivity index (χ0n) is 18.0. The third-order valence-electron chi connectivity index (χ3n) is 4.72. The SMILES string of the molecule is CCCCOc1c(OCC(N)=O)nn(C)c(=O)c1-c1c(CC)cc(C)cc1CC. The maximum Gasteiger partial charge on any atom is 0.278 e. The summed E-state index contributed by atoms with van der Waals surface area (Å²) in [6.45, 7) is 8.30. The van der Waals surface area contributed by atoms with E-state index in [1.807, 2.05) is 6.92 Å². The minimum absolute atomic E-state index is 0.0988. The number of hydrogen-bond donors (Lipinski definition) is 1. The first-order chi connectivity index (χ1) is 13.8. The van der Waals surface area contributed by atoms with E-state index in [4.69, 9.17) is 15.2 Å². The highest BCUT2D eigenvalue weighted by atomic mass is 16.5. The van der Waals surface area contributed by atoms with Crippen LogP contribution in [0.5, 0.6) is 11.6 Å². The number of unbranched alkanes of at least 4 members (excludes halogenated alkanes) is 1. The number of rotatable bonds is 10. The van der Waals surface area contributed by atoms with Gasteiger partial charge >= 0.3 is 0 Å². The Labute approximate surface area is 171 Å². The summed E-state index contributed by atoms with van der Waals surface area (Å²) in [6, 6.07) is 4.18. The number of primary amides is 1. The summed E-state index contributed by atoms with van der Waals surface area (Å²) in [4.78, 5) is 24.5. The number of amides is 1. The molecule has 0 aliphatic heterocycles. The number of aryl methyl sites for hydroxylation is 4. The fraction of sp³-hybridized carbons (Fsp3) is 0.500. The van der Waals surface area contributed by atoms with Gasteiger partial charge in [0, 0.05) is 7.05 Å². The Morgan fingerprint density at radius 3 is 2.24 bits per heavy atom. The van der Waals surface area contributed by atoms with Crippen LogP contribution in [0.4, 0.5) is 0 Å². The third-order valence-corrected chi connectivity index (χ3v) is 4.72. The molecule has 1 aromatic heterocycles. The second kappa shape index (κ2) is 10.1. The summed E-state index contributed by atoms with van der Waals surface area (Å²) in [5, 5.41) is 4.19. The molecular formula is C22H31N3O4. The maximum atomic E-state index is 13.2. The molecule has 1 amide bonds. The summed E-state index contributed by atoms with van der Waals surface area (Å²) < 4.78 is 12.8. The number of hydrogen-bond acceptors (Lipinski definition) is 5. The molecule has 0 fully saturated rings. The highest BCUT2D eigenvalue weighted by molar-refractivity contribution is 5.79. The zero-order chi connectivity index (χ0) is 21.6. The van der Waals surface area contributed by atoms with Crippen LogP contribution in [0, 0.1) is 6.92 Å². The number of nitrogens with two attached hydrogens (primary N) is 1. The topological polar surface area (TPSA) is 96.4 Å². The van der Waals surface area contributed by atoms with Crippen molar-refractivity contribution in [3.05, 3.63) is 39.2 Å². The van der Waals surface area contributed by atoms with Gasteiger partial charge in [0.05, 0.1) is 12.2 Å². The molecule has 7 heteroatoms. The molecule has 0 aliphatic rings. The lowest BCUT2D eigenvalue weighted by atomic mass is 9.90. The van der Waals surface area contributed by atoms with Gasteiger partial charge < -0.3 is 15.2 Å². The van der Waals surface area contributed by atoms with E-state index in [9.17, 15) is 9.59 Å². The van der Waals surface area contributed by atoms with Gasteiger partial charge in [-0.2, -0.15) is 0 Å². The fourth-order valence-corrected chi connectivity index (χ4v) is 3.32. The predicted molar refractivity (Wildman–Crippen MR) is 113 cm³/mol. The Morgan fingerprint density at radius 2 is 1.72 bits per heavy atom. The lowest BCUT2D eigenvalue weighted by Crippen LogP contribution is -2.26. The van der Waals surface area contributed by atoms with Crippen LogP contribution in [0.15, 0.2) is 16.9 Å². The standard InChI is InChI=1S/C22H31N3O4/c1-6-9-10-28-20-19(18-15(7-2)11-14(4)12-16(18)8-3)22(27)25(5)24-21(20)29-13-17(23)26/h11-12H,6-10,13H2,1-5H3,(H2,23,26). The number of benzene rings is 1. The summed E-state index contributed by atoms with van der Waals surface area (Å²) in [5.41, 5.74) is 9.52. The van der Waals surface area contributed by atoms with Gasteiger partial charge in [0.25, 0.3) is 17.3 Å². The lowest BCUT2D eigenvalue weighted by Gasteiger charge is -2.20. The van der Waals surface area contributed by atoms with Crippen molar-refractivity contribution < 1.29 is 14.3 Å². The van der Waals surface area contributed by atoms with E-state index in [2.05, 4.69) is 38.0 Å². The molecule has 0 aliphatic carbocycles. The number of carbonyl (C=O) groups excluding carboxylic acids is 1. The van der Waals surface area contributed by atoms with Crippen molar-refractivity contribution in [3.8, 4) is 22.8 Å². The van der Waals surface area contributed by atoms with E-state index in [0.29, 0.717) is 12.2 Å². The second-order valence-corrected chi connectivity index (χ2v) is 7.06. The van der Waals surface area contributed by atoms with Gasteiger partial charge in [0.15, 0.2) is 12.4 Å². The van der Waals surface area contributed by atoms with Gasteiger partial charge in [0.2, 0.25) is 0 Å². The molecule has 0 saturated heterocycles. The van der Waals surface area contributed by atoms with Crippen molar-refractivity contribution in [1.82, 2.24) is 9.78 Å². The first-order valence-electron chi connectivity index (χ1n) is 10.1. The van der Waals surface area contributed by atoms with Gasteiger partial charge in [-0.05, 0) is 42.9 Å². The largest absolute Gasteiger partial charge is 0.487 e. The van der Waals surface area contributed by atoms with E-state index in [0.717, 1.165) is 47.9 Å². The number of carbonyl (C=O) groups is 1. The van der Waals surface area contributed by atoms with E-state index in [1.165, 1.54) is 4.68 Å². The molecule has 2 rings (SSSR count). The molecule has 0 spiro atoms. The lowest BCUT2D eigenvalue weighted by molar-refractivity contribution is -0.120. The minimum Gasteiger partial charge on any atom is -0.487 e. The van der Waals surface area contributed by atoms with Gasteiger partial charge in [-0.25, -0.2) is 4.68 Å². The molecule has 1 heterocycles. The molecular weight excluding hydrogens is 370 g/mol. The van der Waals surface area contributed by atoms with Crippen molar-refractivity contribution in [1.29, 1.82) is 0 Å². The molecule has 0 bridgehead atoms. The van der Waals surface area contributed by atoms with Crippen molar-refractivity contribution in [2.24, 2.45) is 12.8 Å². The first-order valence-corrected chi connectivity index (χ1v) is 10.1. The molecule has 0 radical (unpaired) electrons. The Hall–Kier alpha value is -2.83. The third kappa shape index (κ3) is 5.16. The highest BCUT2D eigenvalue weighted by Gasteiger charge is 2.25. The summed E-state index contributed by atoms with van der Waals surface area (Å²) in [7, 11) is 1.56. The molecule has 29 heavy (non-hydrogen) atoms. The van der Waals surface area contributed by atoms with Crippen LogP contribution >= 0.6 is 0 Å². The van der Waals surface area contributed by atoms with Crippen LogP contribution in [0.1, 0.15) is 50.3 Å². The molecule has 1 aromatic carbocycles. The number of aromatic nitrogens is 2. The van der Waals surface area contributed by atoms with Crippen LogP contribution in [0.3, 0.4) is 0 Å². The molecule has 2 N–H and O–H groups in total. The first kappa shape index (κ1) is 22.5. The van der Waals surface area contributed by atoms with Gasteiger partial charge in [-0.3, -0.25) is 9.59 Å². The Kier molecular flexibility index (Phi) is 7.82. The fourth-order valence-electron chi connectivity index (χ4n) is 3.32. The van der Waals surface area contributed by atoms with Crippen molar-refractivity contribution in [2.45, 2.75) is 53.4 Å².